The van der Waals surface area contributed by atoms with Crippen LogP contribution in [0.4, 0.5) is 0 Å². The zero-order valence-corrected chi connectivity index (χ0v) is 15.1. The normalized spacial score (nSPS) is 17.5. The van der Waals surface area contributed by atoms with Gasteiger partial charge >= 0.3 is 0 Å². The van der Waals surface area contributed by atoms with Gasteiger partial charge in [-0.3, -0.25) is 0 Å². The number of rotatable bonds is 7. The van der Waals surface area contributed by atoms with E-state index in [-0.39, 0.29) is 0 Å². The summed E-state index contributed by atoms with van der Waals surface area (Å²) in [6, 6.07) is 4.04. The van der Waals surface area contributed by atoms with Crippen molar-refractivity contribution < 1.29 is 9.84 Å². The molecule has 4 nitrogen and oxygen atoms in total. The molecule has 1 heterocycles. The molecule has 130 valence electrons. The first-order chi connectivity index (χ1) is 11.0. The SMILES string of the molecule is Cc1c(OCC(C)C)ccc(C(O)CCN2CCNCC2)c1C. The third-order valence-electron chi connectivity index (χ3n) is 4.64. The van der Waals surface area contributed by atoms with Crippen molar-refractivity contribution in [2.24, 2.45) is 5.92 Å². The molecule has 1 atom stereocenters. The first-order valence-electron chi connectivity index (χ1n) is 8.83. The number of ether oxygens (including phenoxy) is 1. The second-order valence-electron chi connectivity index (χ2n) is 7.00. The Hall–Kier alpha value is -1.10. The van der Waals surface area contributed by atoms with E-state index in [2.05, 4.69) is 37.9 Å². The average Bonchev–Trinajstić information content (AvgIpc) is 2.55. The molecule has 1 aliphatic rings. The van der Waals surface area contributed by atoms with E-state index >= 15 is 0 Å². The Labute approximate surface area is 140 Å². The molecule has 4 heteroatoms. The van der Waals surface area contributed by atoms with Gasteiger partial charge < -0.3 is 20.1 Å². The largest absolute Gasteiger partial charge is 0.493 e. The molecule has 2 N–H and O–H groups in total. The fourth-order valence-corrected chi connectivity index (χ4v) is 2.99. The van der Waals surface area contributed by atoms with Crippen molar-refractivity contribution in [3.63, 3.8) is 0 Å². The number of benzene rings is 1. The highest BCUT2D eigenvalue weighted by Gasteiger charge is 2.17. The minimum atomic E-state index is -0.400. The van der Waals surface area contributed by atoms with Gasteiger partial charge in [0.05, 0.1) is 12.7 Å². The van der Waals surface area contributed by atoms with Crippen molar-refractivity contribution in [1.29, 1.82) is 0 Å². The topological polar surface area (TPSA) is 44.7 Å². The Kier molecular flexibility index (Phi) is 6.88. The molecule has 23 heavy (non-hydrogen) atoms. The van der Waals surface area contributed by atoms with Gasteiger partial charge in [-0.05, 0) is 48.9 Å². The number of aliphatic hydroxyl groups excluding tert-OH is 1. The van der Waals surface area contributed by atoms with E-state index in [4.69, 9.17) is 4.74 Å². The summed E-state index contributed by atoms with van der Waals surface area (Å²) in [6.07, 6.45) is 0.384. The molecular weight excluding hydrogens is 288 g/mol. The highest BCUT2D eigenvalue weighted by molar-refractivity contribution is 5.44. The predicted octanol–water partition coefficient (Wildman–Crippen LogP) is 2.67. The molecule has 1 saturated heterocycles. The highest BCUT2D eigenvalue weighted by Crippen LogP contribution is 2.29. The van der Waals surface area contributed by atoms with Crippen LogP contribution in [0.5, 0.6) is 5.75 Å². The number of aliphatic hydroxyl groups is 1. The zero-order valence-electron chi connectivity index (χ0n) is 15.1. The lowest BCUT2D eigenvalue weighted by atomic mass is 9.96. The van der Waals surface area contributed by atoms with Crippen LogP contribution in [-0.2, 0) is 0 Å². The van der Waals surface area contributed by atoms with Crippen LogP contribution in [0, 0.1) is 19.8 Å². The minimum Gasteiger partial charge on any atom is -0.493 e. The second-order valence-corrected chi connectivity index (χ2v) is 7.00. The van der Waals surface area contributed by atoms with Crippen LogP contribution in [0.15, 0.2) is 12.1 Å². The van der Waals surface area contributed by atoms with Crippen LogP contribution in [0.3, 0.4) is 0 Å². The second kappa shape index (κ2) is 8.67. The van der Waals surface area contributed by atoms with E-state index in [1.165, 1.54) is 0 Å². The van der Waals surface area contributed by atoms with Crippen molar-refractivity contribution in [3.05, 3.63) is 28.8 Å². The molecule has 0 saturated carbocycles. The molecule has 1 fully saturated rings. The lowest BCUT2D eigenvalue weighted by molar-refractivity contribution is 0.136. The van der Waals surface area contributed by atoms with Crippen molar-refractivity contribution in [2.75, 3.05) is 39.3 Å². The van der Waals surface area contributed by atoms with Gasteiger partial charge in [-0.1, -0.05) is 19.9 Å². The maximum absolute atomic E-state index is 10.6. The lowest BCUT2D eigenvalue weighted by Crippen LogP contribution is -2.44. The molecule has 1 unspecified atom stereocenters. The van der Waals surface area contributed by atoms with Gasteiger partial charge in [0, 0.05) is 32.7 Å². The molecule has 0 amide bonds. The molecular formula is C19H32N2O2. The summed E-state index contributed by atoms with van der Waals surface area (Å²) in [5, 5.41) is 13.9. The number of hydrogen-bond acceptors (Lipinski definition) is 4. The molecule has 1 aromatic carbocycles. The molecule has 0 radical (unpaired) electrons. The van der Waals surface area contributed by atoms with E-state index in [0.717, 1.165) is 68.2 Å². The van der Waals surface area contributed by atoms with E-state index in [0.29, 0.717) is 5.92 Å². The van der Waals surface area contributed by atoms with Crippen LogP contribution in [-0.4, -0.2) is 49.3 Å². The van der Waals surface area contributed by atoms with Gasteiger partial charge in [0.2, 0.25) is 0 Å². The molecule has 0 bridgehead atoms. The van der Waals surface area contributed by atoms with Gasteiger partial charge in [-0.25, -0.2) is 0 Å². The average molecular weight is 320 g/mol. The minimum absolute atomic E-state index is 0.400. The molecule has 1 aliphatic heterocycles. The maximum Gasteiger partial charge on any atom is 0.122 e. The summed E-state index contributed by atoms with van der Waals surface area (Å²) < 4.78 is 5.87. The number of piperazine rings is 1. The quantitative estimate of drug-likeness (QED) is 0.811. The summed E-state index contributed by atoms with van der Waals surface area (Å²) >= 11 is 0. The standard InChI is InChI=1S/C19H32N2O2/c1-14(2)13-23-19-6-5-17(15(3)16(19)4)18(22)7-10-21-11-8-20-9-12-21/h5-6,14,18,20,22H,7-13H2,1-4H3. The zero-order chi connectivity index (χ0) is 16.8. The van der Waals surface area contributed by atoms with Crippen molar-refractivity contribution >= 4 is 0 Å². The highest BCUT2D eigenvalue weighted by atomic mass is 16.5. The van der Waals surface area contributed by atoms with E-state index in [9.17, 15) is 5.11 Å². The third kappa shape index (κ3) is 5.20. The molecule has 1 aromatic rings. The van der Waals surface area contributed by atoms with Crippen molar-refractivity contribution in [3.8, 4) is 5.75 Å². The summed E-state index contributed by atoms with van der Waals surface area (Å²) in [5.41, 5.74) is 3.33. The molecule has 0 spiro atoms. The van der Waals surface area contributed by atoms with Gasteiger partial charge in [-0.2, -0.15) is 0 Å². The predicted molar refractivity (Wildman–Crippen MR) is 95.1 cm³/mol. The maximum atomic E-state index is 10.6. The number of hydrogen-bond donors (Lipinski definition) is 2. The number of nitrogens with zero attached hydrogens (tertiary/aromatic N) is 1. The smallest absolute Gasteiger partial charge is 0.122 e. The van der Waals surface area contributed by atoms with Crippen LogP contribution >= 0.6 is 0 Å². The van der Waals surface area contributed by atoms with Crippen LogP contribution in [0.25, 0.3) is 0 Å². The number of nitrogens with one attached hydrogen (secondary N) is 1. The van der Waals surface area contributed by atoms with Crippen LogP contribution in [0.2, 0.25) is 0 Å². The van der Waals surface area contributed by atoms with E-state index in [1.54, 1.807) is 0 Å². The Morgan fingerprint density at radius 2 is 1.87 bits per heavy atom. The van der Waals surface area contributed by atoms with Crippen molar-refractivity contribution in [2.45, 2.75) is 40.2 Å². The van der Waals surface area contributed by atoms with Gasteiger partial charge in [-0.15, -0.1) is 0 Å². The summed E-state index contributed by atoms with van der Waals surface area (Å²) in [7, 11) is 0. The molecule has 0 aliphatic carbocycles. The van der Waals surface area contributed by atoms with Crippen LogP contribution in [0.1, 0.15) is 43.1 Å². The first kappa shape index (κ1) is 18.2. The van der Waals surface area contributed by atoms with E-state index in [1.807, 2.05) is 12.1 Å². The fraction of sp³-hybridized carbons (Fsp3) is 0.684. The van der Waals surface area contributed by atoms with Gasteiger partial charge in [0.1, 0.15) is 5.75 Å². The molecule has 0 aromatic heterocycles. The van der Waals surface area contributed by atoms with Crippen molar-refractivity contribution in [1.82, 2.24) is 10.2 Å². The Bertz CT molecular complexity index is 496. The van der Waals surface area contributed by atoms with Crippen LogP contribution < -0.4 is 10.1 Å². The summed E-state index contributed by atoms with van der Waals surface area (Å²) in [5.74, 6) is 1.45. The van der Waals surface area contributed by atoms with Gasteiger partial charge in [0.25, 0.3) is 0 Å². The Balaban J connectivity index is 1.96. The molecule has 2 rings (SSSR count). The summed E-state index contributed by atoms with van der Waals surface area (Å²) in [4.78, 5) is 2.42. The first-order valence-corrected chi connectivity index (χ1v) is 8.83. The lowest BCUT2D eigenvalue weighted by Gasteiger charge is -2.28. The van der Waals surface area contributed by atoms with E-state index < -0.39 is 6.10 Å². The third-order valence-corrected chi connectivity index (χ3v) is 4.64. The monoisotopic (exact) mass is 320 g/mol. The Morgan fingerprint density at radius 1 is 1.17 bits per heavy atom. The van der Waals surface area contributed by atoms with Gasteiger partial charge in [0.15, 0.2) is 0 Å². The fourth-order valence-electron chi connectivity index (χ4n) is 2.99. The Morgan fingerprint density at radius 3 is 2.52 bits per heavy atom. The summed E-state index contributed by atoms with van der Waals surface area (Å²) in [6.45, 7) is 14.4.